The predicted octanol–water partition coefficient (Wildman–Crippen LogP) is 1.62. The van der Waals surface area contributed by atoms with Gasteiger partial charge in [0.05, 0.1) is 10.0 Å². The highest BCUT2D eigenvalue weighted by Gasteiger charge is 2.16. The van der Waals surface area contributed by atoms with Crippen LogP contribution in [0, 0.1) is 5.82 Å². The minimum absolute atomic E-state index is 0.193. The summed E-state index contributed by atoms with van der Waals surface area (Å²) in [5.41, 5.74) is 5.64. The number of hydrogen-bond donors (Lipinski definition) is 1. The minimum Gasteiger partial charge on any atom is -0.340 e. The summed E-state index contributed by atoms with van der Waals surface area (Å²) in [7, 11) is 1.63. The van der Waals surface area contributed by atoms with Crippen LogP contribution in [0.15, 0.2) is 22.7 Å². The zero-order valence-corrected chi connectivity index (χ0v) is 9.92. The number of hydrogen-bond acceptors (Lipinski definition) is 2. The molecule has 0 saturated carbocycles. The lowest BCUT2D eigenvalue weighted by atomic mass is 10.2. The molecule has 0 aliphatic carbocycles. The van der Waals surface area contributed by atoms with Crippen LogP contribution in [0.2, 0.25) is 0 Å². The largest absolute Gasteiger partial charge is 0.340 e. The van der Waals surface area contributed by atoms with E-state index in [0.29, 0.717) is 18.7 Å². The van der Waals surface area contributed by atoms with Gasteiger partial charge in [0, 0.05) is 20.1 Å². The number of likely N-dealkylation sites (N-methyl/N-ethyl adjacent to an activating group) is 1. The zero-order chi connectivity index (χ0) is 11.4. The second-order valence-electron chi connectivity index (χ2n) is 3.12. The van der Waals surface area contributed by atoms with E-state index in [1.807, 2.05) is 0 Å². The summed E-state index contributed by atoms with van der Waals surface area (Å²) < 4.78 is 13.3. The third-order valence-electron chi connectivity index (χ3n) is 1.99. The van der Waals surface area contributed by atoms with E-state index in [1.54, 1.807) is 13.1 Å². The van der Waals surface area contributed by atoms with Gasteiger partial charge in [-0.05, 0) is 28.1 Å². The van der Waals surface area contributed by atoms with Gasteiger partial charge in [0.15, 0.2) is 0 Å². The van der Waals surface area contributed by atoms with E-state index >= 15 is 0 Å². The van der Waals surface area contributed by atoms with E-state index in [1.165, 1.54) is 17.0 Å². The van der Waals surface area contributed by atoms with Crippen LogP contribution >= 0.6 is 15.9 Å². The summed E-state index contributed by atoms with van der Waals surface area (Å²) in [6.45, 7) is 0.830. The van der Waals surface area contributed by atoms with Crippen LogP contribution in [0.3, 0.4) is 0 Å². The minimum atomic E-state index is -0.443. The van der Waals surface area contributed by atoms with E-state index in [4.69, 9.17) is 5.73 Å². The fraction of sp³-hybridized carbons (Fsp3) is 0.300. The number of amides is 1. The second-order valence-corrected chi connectivity index (χ2v) is 3.91. The highest BCUT2D eigenvalue weighted by molar-refractivity contribution is 9.10. The molecule has 0 spiro atoms. The number of carbonyl (C=O) groups is 1. The summed E-state index contributed by atoms with van der Waals surface area (Å²) in [6.07, 6.45) is 0. The Morgan fingerprint density at radius 2 is 2.27 bits per heavy atom. The molecule has 0 aromatic heterocycles. The first kappa shape index (κ1) is 12.1. The van der Waals surface area contributed by atoms with E-state index in [-0.39, 0.29) is 10.4 Å². The molecule has 1 aromatic rings. The van der Waals surface area contributed by atoms with E-state index in [0.717, 1.165) is 0 Å². The molecule has 0 heterocycles. The molecule has 0 radical (unpaired) electrons. The number of carbonyl (C=O) groups excluding carboxylic acids is 1. The number of benzene rings is 1. The topological polar surface area (TPSA) is 46.3 Å². The van der Waals surface area contributed by atoms with Crippen molar-refractivity contribution in [3.8, 4) is 0 Å². The van der Waals surface area contributed by atoms with Gasteiger partial charge >= 0.3 is 0 Å². The summed E-state index contributed by atoms with van der Waals surface area (Å²) in [4.78, 5) is 13.2. The van der Waals surface area contributed by atoms with Gasteiger partial charge in [-0.25, -0.2) is 4.39 Å². The number of rotatable bonds is 3. The molecule has 0 atom stereocenters. The van der Waals surface area contributed by atoms with Crippen molar-refractivity contribution < 1.29 is 9.18 Å². The Bertz CT molecular complexity index is 370. The van der Waals surface area contributed by atoms with E-state index < -0.39 is 5.82 Å². The predicted molar refractivity (Wildman–Crippen MR) is 60.1 cm³/mol. The van der Waals surface area contributed by atoms with Crippen molar-refractivity contribution in [3.05, 3.63) is 34.1 Å². The van der Waals surface area contributed by atoms with E-state index in [9.17, 15) is 9.18 Å². The molecule has 15 heavy (non-hydrogen) atoms. The molecule has 1 rings (SSSR count). The van der Waals surface area contributed by atoms with Crippen LogP contribution in [0.25, 0.3) is 0 Å². The van der Waals surface area contributed by atoms with Gasteiger partial charge in [0.1, 0.15) is 5.82 Å². The molecule has 0 unspecified atom stereocenters. The first-order chi connectivity index (χ1) is 7.07. The van der Waals surface area contributed by atoms with Crippen LogP contribution in [-0.2, 0) is 0 Å². The molecule has 1 aromatic carbocycles. The third-order valence-corrected chi connectivity index (χ3v) is 2.80. The molecular formula is C10H12BrFN2O. The Kier molecular flexibility index (Phi) is 4.23. The van der Waals surface area contributed by atoms with Crippen molar-refractivity contribution in [2.24, 2.45) is 5.73 Å². The molecule has 5 heteroatoms. The van der Waals surface area contributed by atoms with Crippen LogP contribution in [-0.4, -0.2) is 30.9 Å². The molecule has 0 saturated heterocycles. The molecule has 2 N–H and O–H groups in total. The first-order valence-electron chi connectivity index (χ1n) is 4.47. The molecule has 0 aliphatic rings. The van der Waals surface area contributed by atoms with Gasteiger partial charge in [-0.1, -0.05) is 6.07 Å². The second kappa shape index (κ2) is 5.23. The van der Waals surface area contributed by atoms with Gasteiger partial charge < -0.3 is 10.6 Å². The van der Waals surface area contributed by atoms with Crippen molar-refractivity contribution >= 4 is 21.8 Å². The lowest BCUT2D eigenvalue weighted by Crippen LogP contribution is -2.31. The Hall–Kier alpha value is -0.940. The normalized spacial score (nSPS) is 10.1. The first-order valence-corrected chi connectivity index (χ1v) is 5.26. The summed E-state index contributed by atoms with van der Waals surface area (Å²) in [6, 6.07) is 4.37. The molecule has 0 bridgehead atoms. The van der Waals surface area contributed by atoms with Crippen LogP contribution < -0.4 is 5.73 Å². The zero-order valence-electron chi connectivity index (χ0n) is 8.34. The van der Waals surface area contributed by atoms with Gasteiger partial charge in [-0.15, -0.1) is 0 Å². The average Bonchev–Trinajstić information content (AvgIpc) is 2.21. The smallest absolute Gasteiger partial charge is 0.254 e. The van der Waals surface area contributed by atoms with Crippen molar-refractivity contribution in [2.75, 3.05) is 20.1 Å². The lowest BCUT2D eigenvalue weighted by Gasteiger charge is -2.16. The molecule has 1 amide bonds. The summed E-state index contributed by atoms with van der Waals surface area (Å²) >= 11 is 3.05. The van der Waals surface area contributed by atoms with Crippen molar-refractivity contribution in [3.63, 3.8) is 0 Å². The summed E-state index contributed by atoms with van der Waals surface area (Å²) in [5.74, 6) is -0.686. The van der Waals surface area contributed by atoms with Gasteiger partial charge in [-0.3, -0.25) is 4.79 Å². The van der Waals surface area contributed by atoms with Crippen LogP contribution in [0.1, 0.15) is 10.4 Å². The third kappa shape index (κ3) is 2.76. The number of nitrogens with zero attached hydrogens (tertiary/aromatic N) is 1. The number of halogens is 2. The van der Waals surface area contributed by atoms with Crippen molar-refractivity contribution in [2.45, 2.75) is 0 Å². The average molecular weight is 275 g/mol. The quantitative estimate of drug-likeness (QED) is 0.911. The van der Waals surface area contributed by atoms with Crippen molar-refractivity contribution in [1.82, 2.24) is 4.90 Å². The molecule has 3 nitrogen and oxygen atoms in total. The summed E-state index contributed by atoms with van der Waals surface area (Å²) in [5, 5.41) is 0. The van der Waals surface area contributed by atoms with Crippen LogP contribution in [0.4, 0.5) is 4.39 Å². The monoisotopic (exact) mass is 274 g/mol. The maximum atomic E-state index is 13.1. The van der Waals surface area contributed by atoms with Gasteiger partial charge in [-0.2, -0.15) is 0 Å². The lowest BCUT2D eigenvalue weighted by molar-refractivity contribution is 0.0797. The fourth-order valence-corrected chi connectivity index (χ4v) is 1.60. The Labute approximate surface area is 96.2 Å². The Morgan fingerprint density at radius 1 is 1.60 bits per heavy atom. The standard InChI is InChI=1S/C10H12BrFN2O/c1-14(6-5-13)10(15)7-3-2-4-8(12)9(7)11/h2-4H,5-6,13H2,1H3. The molecular weight excluding hydrogens is 263 g/mol. The molecule has 0 fully saturated rings. The van der Waals surface area contributed by atoms with Gasteiger partial charge in [0.25, 0.3) is 5.91 Å². The maximum absolute atomic E-state index is 13.1. The molecule has 0 aliphatic heterocycles. The Morgan fingerprint density at radius 3 is 2.87 bits per heavy atom. The Balaban J connectivity index is 2.96. The van der Waals surface area contributed by atoms with E-state index in [2.05, 4.69) is 15.9 Å². The number of nitrogens with two attached hydrogens (primary N) is 1. The molecule has 82 valence electrons. The highest BCUT2D eigenvalue weighted by Crippen LogP contribution is 2.21. The fourth-order valence-electron chi connectivity index (χ4n) is 1.17. The SMILES string of the molecule is CN(CCN)C(=O)c1cccc(F)c1Br. The van der Waals surface area contributed by atoms with Crippen LogP contribution in [0.5, 0.6) is 0 Å². The van der Waals surface area contributed by atoms with Gasteiger partial charge in [0.2, 0.25) is 0 Å². The van der Waals surface area contributed by atoms with Crippen molar-refractivity contribution in [1.29, 1.82) is 0 Å². The maximum Gasteiger partial charge on any atom is 0.254 e. The highest BCUT2D eigenvalue weighted by atomic mass is 79.9.